The Kier molecular flexibility index (Phi) is 5.12. The largest absolute Gasteiger partial charge is 0.497 e. The first kappa shape index (κ1) is 17.4. The maximum absolute atomic E-state index is 12.3. The van der Waals surface area contributed by atoms with Crippen LogP contribution in [0.1, 0.15) is 21.5 Å². The smallest absolute Gasteiger partial charge is 0.256 e. The second-order valence-corrected chi connectivity index (χ2v) is 5.93. The standard InChI is InChI=1S/C20H20N4O2/c1-13-7-8-14(2)17(11-13)21-18-9-10-19(24-23-18)22-20(25)15-5-4-6-16(12-15)26-3/h4-12H,1-3H3,(H,21,23)(H,22,24,25). The van der Waals surface area contributed by atoms with Crippen molar-refractivity contribution in [3.63, 3.8) is 0 Å². The van der Waals surface area contributed by atoms with Gasteiger partial charge in [0.25, 0.3) is 5.91 Å². The van der Waals surface area contributed by atoms with Crippen molar-refractivity contribution in [3.8, 4) is 5.75 Å². The molecule has 3 rings (SSSR count). The Labute approximate surface area is 152 Å². The van der Waals surface area contributed by atoms with Crippen LogP contribution in [0.4, 0.5) is 17.3 Å². The van der Waals surface area contributed by atoms with Crippen LogP contribution in [0.3, 0.4) is 0 Å². The van der Waals surface area contributed by atoms with Crippen molar-refractivity contribution < 1.29 is 9.53 Å². The van der Waals surface area contributed by atoms with Gasteiger partial charge in [0.15, 0.2) is 11.6 Å². The van der Waals surface area contributed by atoms with Crippen molar-refractivity contribution in [1.82, 2.24) is 10.2 Å². The molecule has 0 saturated heterocycles. The third kappa shape index (κ3) is 4.16. The van der Waals surface area contributed by atoms with Gasteiger partial charge in [-0.3, -0.25) is 4.79 Å². The molecule has 1 amide bonds. The van der Waals surface area contributed by atoms with Gasteiger partial charge in [-0.1, -0.05) is 18.2 Å². The zero-order valence-electron chi connectivity index (χ0n) is 14.9. The summed E-state index contributed by atoms with van der Waals surface area (Å²) < 4.78 is 5.13. The molecule has 0 bridgehead atoms. The molecule has 6 nitrogen and oxygen atoms in total. The van der Waals surface area contributed by atoms with Crippen molar-refractivity contribution in [2.24, 2.45) is 0 Å². The topological polar surface area (TPSA) is 76.1 Å². The van der Waals surface area contributed by atoms with E-state index in [-0.39, 0.29) is 5.91 Å². The lowest BCUT2D eigenvalue weighted by Gasteiger charge is -2.10. The van der Waals surface area contributed by atoms with Crippen LogP contribution in [0.15, 0.2) is 54.6 Å². The van der Waals surface area contributed by atoms with Crippen LogP contribution in [0.25, 0.3) is 0 Å². The molecule has 0 aliphatic rings. The number of carbonyl (C=O) groups excluding carboxylic acids is 1. The van der Waals surface area contributed by atoms with Crippen molar-refractivity contribution in [3.05, 3.63) is 71.3 Å². The fraction of sp³-hybridized carbons (Fsp3) is 0.150. The number of methoxy groups -OCH3 is 1. The predicted molar refractivity (Wildman–Crippen MR) is 102 cm³/mol. The van der Waals surface area contributed by atoms with E-state index in [4.69, 9.17) is 4.74 Å². The van der Waals surface area contributed by atoms with Crippen LogP contribution in [-0.2, 0) is 0 Å². The summed E-state index contributed by atoms with van der Waals surface area (Å²) in [5, 5.41) is 14.1. The molecule has 0 fully saturated rings. The number of rotatable bonds is 5. The molecular weight excluding hydrogens is 328 g/mol. The average Bonchev–Trinajstić information content (AvgIpc) is 2.66. The molecule has 0 atom stereocenters. The van der Waals surface area contributed by atoms with Gasteiger partial charge in [-0.25, -0.2) is 0 Å². The van der Waals surface area contributed by atoms with Crippen molar-refractivity contribution in [1.29, 1.82) is 0 Å². The summed E-state index contributed by atoms with van der Waals surface area (Å²) in [5.41, 5.74) is 3.75. The molecule has 0 spiro atoms. The van der Waals surface area contributed by atoms with E-state index in [0.29, 0.717) is 22.9 Å². The fourth-order valence-electron chi connectivity index (χ4n) is 2.43. The van der Waals surface area contributed by atoms with Gasteiger partial charge in [0.2, 0.25) is 0 Å². The Balaban J connectivity index is 1.69. The lowest BCUT2D eigenvalue weighted by Crippen LogP contribution is -2.13. The lowest BCUT2D eigenvalue weighted by molar-refractivity contribution is 0.102. The minimum Gasteiger partial charge on any atom is -0.497 e. The second-order valence-electron chi connectivity index (χ2n) is 5.93. The first-order valence-electron chi connectivity index (χ1n) is 8.18. The number of nitrogens with zero attached hydrogens (tertiary/aromatic N) is 2. The number of hydrogen-bond donors (Lipinski definition) is 2. The Morgan fingerprint density at radius 1 is 0.962 bits per heavy atom. The van der Waals surface area contributed by atoms with Crippen molar-refractivity contribution >= 4 is 23.2 Å². The molecule has 6 heteroatoms. The monoisotopic (exact) mass is 348 g/mol. The van der Waals surface area contributed by atoms with Crippen LogP contribution < -0.4 is 15.4 Å². The number of aromatic nitrogens is 2. The van der Waals surface area contributed by atoms with E-state index in [2.05, 4.69) is 33.0 Å². The number of carbonyl (C=O) groups is 1. The summed E-state index contributed by atoms with van der Waals surface area (Å²) >= 11 is 0. The maximum atomic E-state index is 12.3. The van der Waals surface area contributed by atoms with Crippen LogP contribution in [0.2, 0.25) is 0 Å². The first-order valence-corrected chi connectivity index (χ1v) is 8.18. The van der Waals surface area contributed by atoms with Crippen LogP contribution in [0.5, 0.6) is 5.75 Å². The van der Waals surface area contributed by atoms with Gasteiger partial charge in [0.05, 0.1) is 7.11 Å². The Morgan fingerprint density at radius 3 is 2.46 bits per heavy atom. The first-order chi connectivity index (χ1) is 12.5. The molecule has 3 aromatic rings. The van der Waals surface area contributed by atoms with Gasteiger partial charge >= 0.3 is 0 Å². The predicted octanol–water partition coefficient (Wildman–Crippen LogP) is 4.10. The normalized spacial score (nSPS) is 10.3. The number of nitrogens with one attached hydrogen (secondary N) is 2. The number of ether oxygens (including phenoxy) is 1. The van der Waals surface area contributed by atoms with E-state index in [0.717, 1.165) is 16.8 Å². The van der Waals surface area contributed by atoms with Crippen molar-refractivity contribution in [2.75, 3.05) is 17.7 Å². The highest BCUT2D eigenvalue weighted by Crippen LogP contribution is 2.21. The SMILES string of the molecule is COc1cccc(C(=O)Nc2ccc(Nc3cc(C)ccc3C)nn2)c1. The quantitative estimate of drug-likeness (QED) is 0.726. The minimum absolute atomic E-state index is 0.270. The summed E-state index contributed by atoms with van der Waals surface area (Å²) in [7, 11) is 1.56. The summed E-state index contributed by atoms with van der Waals surface area (Å²) in [6.45, 7) is 4.06. The molecule has 1 heterocycles. The molecule has 0 unspecified atom stereocenters. The Bertz CT molecular complexity index is 923. The molecule has 0 radical (unpaired) electrons. The summed E-state index contributed by atoms with van der Waals surface area (Å²) in [6, 6.07) is 16.6. The molecule has 132 valence electrons. The van der Waals surface area contributed by atoms with Gasteiger partial charge in [-0.2, -0.15) is 0 Å². The second kappa shape index (κ2) is 7.65. The molecule has 0 saturated carbocycles. The maximum Gasteiger partial charge on any atom is 0.256 e. The molecule has 0 aliphatic carbocycles. The van der Waals surface area contributed by atoms with Crippen LogP contribution in [0, 0.1) is 13.8 Å². The third-order valence-corrected chi connectivity index (χ3v) is 3.89. The fourth-order valence-corrected chi connectivity index (χ4v) is 2.43. The van der Waals surface area contributed by atoms with Gasteiger partial charge in [-0.05, 0) is 61.4 Å². The highest BCUT2D eigenvalue weighted by molar-refractivity contribution is 6.04. The van der Waals surface area contributed by atoms with Gasteiger partial charge in [-0.15, -0.1) is 10.2 Å². The minimum atomic E-state index is -0.270. The Morgan fingerprint density at radius 2 is 1.73 bits per heavy atom. The Hall–Kier alpha value is -3.41. The summed E-state index contributed by atoms with van der Waals surface area (Å²) in [5.74, 6) is 1.34. The number of amides is 1. The summed E-state index contributed by atoms with van der Waals surface area (Å²) in [6.07, 6.45) is 0. The highest BCUT2D eigenvalue weighted by Gasteiger charge is 2.09. The van der Waals surface area contributed by atoms with E-state index in [1.165, 1.54) is 0 Å². The average molecular weight is 348 g/mol. The number of anilines is 3. The van der Waals surface area contributed by atoms with E-state index < -0.39 is 0 Å². The summed E-state index contributed by atoms with van der Waals surface area (Å²) in [4.78, 5) is 12.3. The van der Waals surface area contributed by atoms with Gasteiger partial charge in [0, 0.05) is 11.3 Å². The number of hydrogen-bond acceptors (Lipinski definition) is 5. The highest BCUT2D eigenvalue weighted by atomic mass is 16.5. The molecule has 2 aromatic carbocycles. The molecular formula is C20H20N4O2. The van der Waals surface area contributed by atoms with Gasteiger partial charge < -0.3 is 15.4 Å². The molecule has 0 aliphatic heterocycles. The van der Waals surface area contributed by atoms with E-state index in [1.807, 2.05) is 19.9 Å². The van der Waals surface area contributed by atoms with Crippen LogP contribution >= 0.6 is 0 Å². The molecule has 1 aromatic heterocycles. The molecule has 2 N–H and O–H groups in total. The number of aryl methyl sites for hydroxylation is 2. The number of benzene rings is 2. The molecule has 26 heavy (non-hydrogen) atoms. The van der Waals surface area contributed by atoms with Crippen molar-refractivity contribution in [2.45, 2.75) is 13.8 Å². The van der Waals surface area contributed by atoms with E-state index in [9.17, 15) is 4.79 Å². The lowest BCUT2D eigenvalue weighted by atomic mass is 10.1. The zero-order valence-corrected chi connectivity index (χ0v) is 14.9. The van der Waals surface area contributed by atoms with Crippen LogP contribution in [-0.4, -0.2) is 23.2 Å². The zero-order chi connectivity index (χ0) is 18.5. The van der Waals surface area contributed by atoms with E-state index in [1.54, 1.807) is 43.5 Å². The van der Waals surface area contributed by atoms with Gasteiger partial charge in [0.1, 0.15) is 5.75 Å². The third-order valence-electron chi connectivity index (χ3n) is 3.89. The van der Waals surface area contributed by atoms with E-state index >= 15 is 0 Å².